The number of furan rings is 1. The van der Waals surface area contributed by atoms with E-state index in [-0.39, 0.29) is 47.9 Å². The summed E-state index contributed by atoms with van der Waals surface area (Å²) in [6.07, 6.45) is 6.42. The summed E-state index contributed by atoms with van der Waals surface area (Å²) < 4.78 is 8.46. The summed E-state index contributed by atoms with van der Waals surface area (Å²) in [5.41, 5.74) is 3.66. The van der Waals surface area contributed by atoms with Crippen LogP contribution in [0.4, 0.5) is 0 Å². The van der Waals surface area contributed by atoms with Crippen LogP contribution in [0.3, 0.4) is 0 Å². The zero-order chi connectivity index (χ0) is 34.3. The Kier molecular flexibility index (Phi) is 11.5. The minimum atomic E-state index is -0.337. The Morgan fingerprint density at radius 3 is 2.23 bits per heavy atom. The third kappa shape index (κ3) is 7.05. The number of allylic oxidation sites excluding steroid dienone is 2. The van der Waals surface area contributed by atoms with Gasteiger partial charge in [0, 0.05) is 58.9 Å². The largest absolute Gasteiger partial charge is 0.512 e. The van der Waals surface area contributed by atoms with E-state index in [1.807, 2.05) is 48.5 Å². The predicted molar refractivity (Wildman–Crippen MR) is 201 cm³/mol. The van der Waals surface area contributed by atoms with Crippen molar-refractivity contribution in [3.8, 4) is 11.3 Å². The van der Waals surface area contributed by atoms with Gasteiger partial charge in [-0.2, -0.15) is 11.3 Å². The molecular weight excluding hydrogens is 813 g/mol. The summed E-state index contributed by atoms with van der Waals surface area (Å²) in [6.45, 7) is 20.9. The molecule has 0 aliphatic heterocycles. The Labute approximate surface area is 306 Å². The normalized spacial score (nSPS) is 12.8. The van der Waals surface area contributed by atoms with Crippen LogP contribution in [0.5, 0.6) is 0 Å². The molecule has 0 aliphatic carbocycles. The molecule has 8 heteroatoms. The van der Waals surface area contributed by atoms with Crippen LogP contribution in [0.25, 0.3) is 52.6 Å². The number of aliphatic hydroxyl groups is 1. The molecule has 4 aromatic heterocycles. The number of aromatic nitrogens is 2. The summed E-state index contributed by atoms with van der Waals surface area (Å²) in [5, 5.41) is 16.8. The van der Waals surface area contributed by atoms with Crippen molar-refractivity contribution in [1.29, 1.82) is 0 Å². The van der Waals surface area contributed by atoms with Gasteiger partial charge in [-0.25, -0.2) is 4.98 Å². The zero-order valence-electron chi connectivity index (χ0n) is 29.8. The summed E-state index contributed by atoms with van der Waals surface area (Å²) in [4.78, 5) is 22.5. The van der Waals surface area contributed by atoms with Crippen molar-refractivity contribution >= 4 is 69.8 Å². The molecule has 2 aromatic carbocycles. The first-order valence-corrected chi connectivity index (χ1v) is 18.4. The van der Waals surface area contributed by atoms with Gasteiger partial charge in [-0.15, -0.1) is 34.9 Å². The van der Waals surface area contributed by atoms with E-state index in [0.29, 0.717) is 0 Å². The van der Waals surface area contributed by atoms with Crippen molar-refractivity contribution in [3.05, 3.63) is 71.3 Å². The van der Waals surface area contributed by atoms with E-state index in [2.05, 4.69) is 67.5 Å². The van der Waals surface area contributed by atoms with Crippen molar-refractivity contribution in [3.63, 3.8) is 0 Å². The van der Waals surface area contributed by atoms with E-state index in [0.717, 1.165) is 79.4 Å². The van der Waals surface area contributed by atoms with Crippen molar-refractivity contribution < 1.29 is 34.4 Å². The van der Waals surface area contributed by atoms with Crippen molar-refractivity contribution in [2.45, 2.75) is 100 Å². The Morgan fingerprint density at radius 2 is 1.60 bits per heavy atom. The quantitative estimate of drug-likeness (QED) is 0.0937. The molecule has 0 amide bonds. The molecule has 5 nitrogen and oxygen atoms in total. The topological polar surface area (TPSA) is 76.2 Å². The molecule has 0 fully saturated rings. The molecule has 1 N–H and O–H groups in total. The van der Waals surface area contributed by atoms with Gasteiger partial charge in [0.1, 0.15) is 22.7 Å². The Hall–Kier alpha value is -2.90. The van der Waals surface area contributed by atoms with E-state index in [4.69, 9.17) is 9.40 Å². The van der Waals surface area contributed by atoms with E-state index >= 15 is 0 Å². The van der Waals surface area contributed by atoms with Gasteiger partial charge in [0.15, 0.2) is 11.4 Å². The number of aliphatic hydroxyl groups excluding tert-OH is 1. The van der Waals surface area contributed by atoms with Crippen LogP contribution in [0.2, 0.25) is 0 Å². The van der Waals surface area contributed by atoms with Crippen molar-refractivity contribution in [1.82, 2.24) is 9.97 Å². The number of thiophene rings is 2. The maximum absolute atomic E-state index is 12.2. The molecular formula is C40H47IrN2O3S2-. The smallest absolute Gasteiger partial charge is 0.164 e. The van der Waals surface area contributed by atoms with E-state index in [9.17, 15) is 9.90 Å². The number of aryl methyl sites for hydroxylation is 1. The fourth-order valence-electron chi connectivity index (χ4n) is 5.87. The molecule has 48 heavy (non-hydrogen) atoms. The molecule has 257 valence electrons. The number of carbonyl (C=O) groups is 1. The maximum Gasteiger partial charge on any atom is 0.164 e. The molecule has 0 atom stereocenters. The minimum absolute atomic E-state index is 0. The monoisotopic (exact) mass is 860 g/mol. The van der Waals surface area contributed by atoms with Gasteiger partial charge in [-0.3, -0.25) is 9.78 Å². The summed E-state index contributed by atoms with van der Waals surface area (Å²) in [7, 11) is 0. The van der Waals surface area contributed by atoms with Crippen molar-refractivity contribution in [2.75, 3.05) is 0 Å². The Balaban J connectivity index is 0.000000251. The van der Waals surface area contributed by atoms with Crippen LogP contribution >= 0.6 is 22.7 Å². The van der Waals surface area contributed by atoms with Gasteiger partial charge >= 0.3 is 0 Å². The number of hydrogen-bond donors (Lipinski definition) is 1. The molecule has 0 aliphatic rings. The Morgan fingerprint density at radius 1 is 0.938 bits per heavy atom. The Bertz CT molecular complexity index is 2100. The molecule has 0 saturated heterocycles. The van der Waals surface area contributed by atoms with Gasteiger partial charge in [0.25, 0.3) is 0 Å². The maximum atomic E-state index is 12.2. The molecule has 0 saturated carbocycles. The predicted octanol–water partition coefficient (Wildman–Crippen LogP) is 12.5. The first-order valence-electron chi connectivity index (χ1n) is 16.7. The molecule has 0 bridgehead atoms. The van der Waals surface area contributed by atoms with Gasteiger partial charge in [-0.05, 0) is 54.2 Å². The number of fused-ring (bicyclic) bond motifs is 6. The molecule has 6 aromatic rings. The van der Waals surface area contributed by atoms with Crippen molar-refractivity contribution in [2.24, 2.45) is 10.8 Å². The minimum Gasteiger partial charge on any atom is -0.512 e. The molecule has 0 unspecified atom stereocenters. The van der Waals surface area contributed by atoms with Crippen LogP contribution in [-0.2, 0) is 30.3 Å². The number of hydrogen-bond acceptors (Lipinski definition) is 7. The second-order valence-electron chi connectivity index (χ2n) is 14.2. The number of nitrogens with zero attached hydrogens (tertiary/aromatic N) is 2. The van der Waals surface area contributed by atoms with Crippen LogP contribution in [0.1, 0.15) is 99.3 Å². The van der Waals surface area contributed by atoms with Crippen LogP contribution in [0.15, 0.2) is 58.3 Å². The van der Waals surface area contributed by atoms with Gasteiger partial charge < -0.3 is 9.52 Å². The molecule has 4 heterocycles. The van der Waals surface area contributed by atoms with Gasteiger partial charge in [0.05, 0.1) is 4.70 Å². The van der Waals surface area contributed by atoms with E-state index in [1.165, 1.54) is 16.3 Å². The third-order valence-electron chi connectivity index (χ3n) is 10.2. The first kappa shape index (κ1) is 37.9. The van der Waals surface area contributed by atoms with Gasteiger partial charge in [-0.1, -0.05) is 85.6 Å². The fraction of sp³-hybridized carbons (Fsp3) is 0.425. The van der Waals surface area contributed by atoms with Crippen LogP contribution < -0.4 is 0 Å². The van der Waals surface area contributed by atoms with Gasteiger partial charge in [0.2, 0.25) is 0 Å². The molecule has 0 spiro atoms. The van der Waals surface area contributed by atoms with E-state index in [1.54, 1.807) is 29.0 Å². The van der Waals surface area contributed by atoms with E-state index < -0.39 is 0 Å². The summed E-state index contributed by atoms with van der Waals surface area (Å²) >= 11 is 3.45. The average Bonchev–Trinajstić information content (AvgIpc) is 3.79. The average molecular weight is 860 g/mol. The zero-order valence-corrected chi connectivity index (χ0v) is 33.8. The molecule has 1 radical (unpaired) electrons. The van der Waals surface area contributed by atoms with Crippen LogP contribution in [-0.4, -0.2) is 20.9 Å². The second kappa shape index (κ2) is 14.5. The second-order valence-corrected chi connectivity index (χ2v) is 16.1. The number of carbonyl (C=O) groups excluding carboxylic acids is 1. The van der Waals surface area contributed by atoms with Crippen LogP contribution in [0, 0.1) is 23.8 Å². The number of rotatable bonds is 8. The summed E-state index contributed by atoms with van der Waals surface area (Å²) in [5.74, 6) is 1.21. The third-order valence-corrected chi connectivity index (χ3v) is 12.2. The number of ketones is 1. The molecule has 6 rings (SSSR count). The fourth-order valence-corrected chi connectivity index (χ4v) is 8.08. The summed E-state index contributed by atoms with van der Waals surface area (Å²) in [6, 6.07) is 14.4. The SMILES string of the molecule is CCC(C)(CC)C(=O)/C=C(\O)C(C)(CC)CC.Cc1cc2ccc3c(sc4ncnc(-c5[c-]c6ccsc6c(C(C)(C)C)c5)c43)c2o1.[Ir]. The number of benzene rings is 2. The standard InChI is InChI=1S/C25H19N2OS2.C15H28O2.Ir/c1-13-9-14-5-6-17-19-20(26-12-27-24(19)30-23(17)21(14)28-13)16-10-15-7-8-29-22(15)18(11-16)25(2,3)4;1-7-14(5,8-2)12(16)11-13(17)15(6,9-3)10-4;/h5-9,11-12H,1-4H3;11,16H,7-10H2,1-6H3;/q-1;;/b;12-11-;. The first-order chi connectivity index (χ1) is 22.2.